The molecule has 0 spiro atoms. The van der Waals surface area contributed by atoms with E-state index in [2.05, 4.69) is 54.8 Å². The molecule has 2 rings (SSSR count). The van der Waals surface area contributed by atoms with Crippen molar-refractivity contribution in [2.45, 2.75) is 92.8 Å². The number of thioether (sulfide) groups is 2. The van der Waals surface area contributed by atoms with Crippen LogP contribution >= 0.6 is 23.5 Å². The number of unbranched alkanes of at least 4 members (excludes halogenated alkanes) is 5. The predicted octanol–water partition coefficient (Wildman–Crippen LogP) is 7.07. The zero-order valence-electron chi connectivity index (χ0n) is 24.6. The lowest BCUT2D eigenvalue weighted by atomic mass is 10.1. The molecule has 0 radical (unpaired) electrons. The summed E-state index contributed by atoms with van der Waals surface area (Å²) in [7, 11) is 3.47. The minimum atomic E-state index is -0.376. The van der Waals surface area contributed by atoms with Gasteiger partial charge in [0, 0.05) is 52.8 Å². The van der Waals surface area contributed by atoms with E-state index < -0.39 is 0 Å². The molecular weight excluding hydrogens is 539 g/mol. The van der Waals surface area contributed by atoms with Crippen LogP contribution in [0.4, 0.5) is 5.69 Å². The number of anilines is 1. The summed E-state index contributed by atoms with van der Waals surface area (Å²) in [5.74, 6) is 0.919. The summed E-state index contributed by atoms with van der Waals surface area (Å²) in [6.45, 7) is 5.95. The van der Waals surface area contributed by atoms with E-state index in [1.165, 1.54) is 42.7 Å². The van der Waals surface area contributed by atoms with Crippen LogP contribution in [-0.2, 0) is 16.1 Å². The molecule has 8 heteroatoms. The van der Waals surface area contributed by atoms with Crippen molar-refractivity contribution in [2.75, 3.05) is 31.7 Å². The highest BCUT2D eigenvalue weighted by Gasteiger charge is 2.18. The van der Waals surface area contributed by atoms with Gasteiger partial charge in [0.1, 0.15) is 12.6 Å². The van der Waals surface area contributed by atoms with Gasteiger partial charge < -0.3 is 15.4 Å². The zero-order valence-corrected chi connectivity index (χ0v) is 26.3. The molecule has 1 atom stereocenters. The van der Waals surface area contributed by atoms with Gasteiger partial charge in [0.2, 0.25) is 5.91 Å². The smallest absolute Gasteiger partial charge is 0.219 e. The number of amides is 1. The summed E-state index contributed by atoms with van der Waals surface area (Å²) in [6, 6.07) is 14.0. The number of carbonyl (C=O) groups is 3. The first-order valence-electron chi connectivity index (χ1n) is 14.4. The van der Waals surface area contributed by atoms with Crippen LogP contribution in [0.1, 0.15) is 81.1 Å². The van der Waals surface area contributed by atoms with Gasteiger partial charge in [-0.25, -0.2) is 0 Å². The van der Waals surface area contributed by atoms with Gasteiger partial charge in [-0.15, -0.1) is 23.5 Å². The van der Waals surface area contributed by atoms with Crippen molar-refractivity contribution in [3.63, 3.8) is 0 Å². The maximum absolute atomic E-state index is 11.8. The molecule has 0 aliphatic heterocycles. The Kier molecular flexibility index (Phi) is 16.7. The molecule has 2 N–H and O–H groups in total. The fraction of sp³-hybridized carbons (Fsp3) is 0.531. The SMILES string of the molecule is CNC(=O)CCC(C=O)N(C)Cc1c(C=O)cccc1SCCCCCCCCNc1ccccc1SC(C)C. The standard InChI is InChI=1S/C32H47N3O3S2/c1-25(2)40-31-16-10-9-15-29(31)34-20-11-7-5-6-8-12-21-39-30-17-13-14-26(23-36)28(30)22-35(4)27(24-37)18-19-32(38)33-3/h9-10,13-17,23-25,27,34H,5-8,11-12,18-22H2,1-4H3,(H,33,38). The summed E-state index contributed by atoms with van der Waals surface area (Å²) < 4.78 is 0. The summed E-state index contributed by atoms with van der Waals surface area (Å²) in [4.78, 5) is 39.4. The van der Waals surface area contributed by atoms with Crippen LogP contribution in [0, 0.1) is 0 Å². The van der Waals surface area contributed by atoms with E-state index in [1.54, 1.807) is 18.8 Å². The van der Waals surface area contributed by atoms with Gasteiger partial charge in [0.05, 0.1) is 6.04 Å². The van der Waals surface area contributed by atoms with E-state index in [-0.39, 0.29) is 11.9 Å². The van der Waals surface area contributed by atoms with E-state index in [0.29, 0.717) is 30.2 Å². The highest BCUT2D eigenvalue weighted by molar-refractivity contribution is 8.00. The van der Waals surface area contributed by atoms with Gasteiger partial charge in [0.25, 0.3) is 0 Å². The topological polar surface area (TPSA) is 78.5 Å². The van der Waals surface area contributed by atoms with Gasteiger partial charge in [-0.1, -0.05) is 63.8 Å². The van der Waals surface area contributed by atoms with Crippen LogP contribution in [0.5, 0.6) is 0 Å². The molecule has 0 aliphatic rings. The van der Waals surface area contributed by atoms with Crippen molar-refractivity contribution >= 4 is 47.7 Å². The summed E-state index contributed by atoms with van der Waals surface area (Å²) in [5.41, 5.74) is 2.86. The number of rotatable bonds is 21. The molecular formula is C32H47N3O3S2. The predicted molar refractivity (Wildman–Crippen MR) is 171 cm³/mol. The minimum Gasteiger partial charge on any atom is -0.384 e. The normalized spacial score (nSPS) is 11.9. The van der Waals surface area contributed by atoms with Gasteiger partial charge >= 0.3 is 0 Å². The minimum absolute atomic E-state index is 0.0801. The Bertz CT molecular complexity index is 1050. The van der Waals surface area contributed by atoms with E-state index in [1.807, 2.05) is 35.8 Å². The number of carbonyl (C=O) groups excluding carboxylic acids is 3. The lowest BCUT2D eigenvalue weighted by Gasteiger charge is -2.25. The van der Waals surface area contributed by atoms with Gasteiger partial charge in [-0.05, 0) is 55.8 Å². The molecule has 2 aromatic rings. The Morgan fingerprint density at radius 2 is 1.65 bits per heavy atom. The van der Waals surface area contributed by atoms with E-state index in [4.69, 9.17) is 0 Å². The maximum atomic E-state index is 11.8. The molecule has 0 bridgehead atoms. The average Bonchev–Trinajstić information content (AvgIpc) is 2.95. The van der Waals surface area contributed by atoms with Crippen LogP contribution in [0.3, 0.4) is 0 Å². The van der Waals surface area contributed by atoms with Crippen LogP contribution in [0.2, 0.25) is 0 Å². The number of para-hydroxylation sites is 1. The number of nitrogens with one attached hydrogen (secondary N) is 2. The van der Waals surface area contributed by atoms with Gasteiger partial charge in [-0.3, -0.25) is 14.5 Å². The Morgan fingerprint density at radius 1 is 0.950 bits per heavy atom. The van der Waals surface area contributed by atoms with Crippen molar-refractivity contribution in [3.05, 3.63) is 53.6 Å². The third-order valence-corrected chi connectivity index (χ3v) is 9.03. The Morgan fingerprint density at radius 3 is 2.35 bits per heavy atom. The number of hydrogen-bond acceptors (Lipinski definition) is 7. The summed E-state index contributed by atoms with van der Waals surface area (Å²) >= 11 is 3.69. The first kappa shape index (κ1) is 33.9. The number of aldehydes is 2. The fourth-order valence-corrected chi connectivity index (χ4v) is 6.50. The van der Waals surface area contributed by atoms with Crippen molar-refractivity contribution in [3.8, 4) is 0 Å². The molecule has 2 aromatic carbocycles. The highest BCUT2D eigenvalue weighted by atomic mass is 32.2. The monoisotopic (exact) mass is 585 g/mol. The molecule has 40 heavy (non-hydrogen) atoms. The highest BCUT2D eigenvalue weighted by Crippen LogP contribution is 2.30. The molecule has 0 fully saturated rings. The third kappa shape index (κ3) is 12.5. The third-order valence-electron chi connectivity index (χ3n) is 6.77. The molecule has 220 valence electrons. The zero-order chi connectivity index (χ0) is 29.2. The van der Waals surface area contributed by atoms with Crippen LogP contribution in [-0.4, -0.2) is 61.1 Å². The van der Waals surface area contributed by atoms with E-state index in [9.17, 15) is 14.4 Å². The Labute approximate surface area is 249 Å². The lowest BCUT2D eigenvalue weighted by molar-refractivity contribution is -0.121. The second-order valence-electron chi connectivity index (χ2n) is 10.3. The molecule has 6 nitrogen and oxygen atoms in total. The van der Waals surface area contributed by atoms with Crippen molar-refractivity contribution in [1.29, 1.82) is 0 Å². The Hall–Kier alpha value is -2.29. The van der Waals surface area contributed by atoms with E-state index in [0.717, 1.165) is 41.7 Å². The number of hydrogen-bond donors (Lipinski definition) is 2. The van der Waals surface area contributed by atoms with Gasteiger partial charge in [-0.2, -0.15) is 0 Å². The molecule has 0 heterocycles. The molecule has 1 unspecified atom stereocenters. The Balaban J connectivity index is 1.71. The van der Waals surface area contributed by atoms with Gasteiger partial charge in [0.15, 0.2) is 0 Å². The first-order valence-corrected chi connectivity index (χ1v) is 16.3. The number of nitrogens with zero attached hydrogens (tertiary/aromatic N) is 1. The van der Waals surface area contributed by atoms with Crippen LogP contribution in [0.25, 0.3) is 0 Å². The molecule has 0 aliphatic carbocycles. The van der Waals surface area contributed by atoms with Crippen molar-refractivity contribution in [1.82, 2.24) is 10.2 Å². The quantitative estimate of drug-likeness (QED) is 0.0922. The molecule has 1 amide bonds. The van der Waals surface area contributed by atoms with Crippen molar-refractivity contribution < 1.29 is 14.4 Å². The molecule has 0 saturated heterocycles. The summed E-state index contributed by atoms with van der Waals surface area (Å²) in [6.07, 6.45) is 9.74. The number of likely N-dealkylation sites (N-methyl/N-ethyl adjacent to an activating group) is 1. The molecule has 0 saturated carbocycles. The average molecular weight is 586 g/mol. The first-order chi connectivity index (χ1) is 19.4. The fourth-order valence-electron chi connectivity index (χ4n) is 4.47. The van der Waals surface area contributed by atoms with Crippen LogP contribution < -0.4 is 10.6 Å². The second-order valence-corrected chi connectivity index (χ2v) is 13.1. The lowest BCUT2D eigenvalue weighted by Crippen LogP contribution is -2.34. The molecule has 0 aromatic heterocycles. The maximum Gasteiger partial charge on any atom is 0.219 e. The van der Waals surface area contributed by atoms with E-state index >= 15 is 0 Å². The number of benzene rings is 2. The van der Waals surface area contributed by atoms with Crippen LogP contribution in [0.15, 0.2) is 52.3 Å². The largest absolute Gasteiger partial charge is 0.384 e. The van der Waals surface area contributed by atoms with Crippen molar-refractivity contribution in [2.24, 2.45) is 0 Å². The summed E-state index contributed by atoms with van der Waals surface area (Å²) in [5, 5.41) is 6.78. The second kappa shape index (κ2) is 19.7.